The highest BCUT2D eigenvalue weighted by Gasteiger charge is 2.13. The second-order valence-corrected chi connectivity index (χ2v) is 7.29. The molecule has 33 heavy (non-hydrogen) atoms. The Morgan fingerprint density at radius 3 is 2.52 bits per heavy atom. The fraction of sp³-hybridized carbons (Fsp3) is 0.120. The molecule has 1 aromatic heterocycles. The lowest BCUT2D eigenvalue weighted by Crippen LogP contribution is -2.12. The Hall–Kier alpha value is -4.33. The number of esters is 1. The van der Waals surface area contributed by atoms with Gasteiger partial charge in [-0.1, -0.05) is 35.5 Å². The van der Waals surface area contributed by atoms with E-state index in [-0.39, 0.29) is 36.3 Å². The van der Waals surface area contributed by atoms with E-state index in [4.69, 9.17) is 9.26 Å². The topological polar surface area (TPSA) is 94.3 Å². The van der Waals surface area contributed by atoms with Crippen LogP contribution in [0.3, 0.4) is 0 Å². The van der Waals surface area contributed by atoms with E-state index in [2.05, 4.69) is 15.5 Å². The number of hydrogen-bond donors (Lipinski definition) is 1. The molecule has 1 N–H and O–H groups in total. The number of nitrogens with one attached hydrogen (secondary N) is 1. The lowest BCUT2D eigenvalue weighted by atomic mass is 10.1. The highest BCUT2D eigenvalue weighted by Crippen LogP contribution is 2.20. The Morgan fingerprint density at radius 2 is 1.79 bits per heavy atom. The minimum atomic E-state index is -0.475. The molecule has 8 heteroatoms. The number of ether oxygens (including phenoxy) is 1. The summed E-state index contributed by atoms with van der Waals surface area (Å²) in [6.45, 7) is 1.67. The summed E-state index contributed by atoms with van der Waals surface area (Å²) in [4.78, 5) is 28.5. The summed E-state index contributed by atoms with van der Waals surface area (Å²) in [7, 11) is 0. The highest BCUT2D eigenvalue weighted by atomic mass is 19.1. The van der Waals surface area contributed by atoms with Crippen LogP contribution in [0.2, 0.25) is 0 Å². The van der Waals surface area contributed by atoms with E-state index in [9.17, 15) is 14.0 Å². The first-order chi connectivity index (χ1) is 16.0. The lowest BCUT2D eigenvalue weighted by Gasteiger charge is -2.07. The van der Waals surface area contributed by atoms with Crippen molar-refractivity contribution < 1.29 is 23.2 Å². The summed E-state index contributed by atoms with van der Waals surface area (Å²) < 4.78 is 24.2. The first-order valence-electron chi connectivity index (χ1n) is 10.2. The van der Waals surface area contributed by atoms with Gasteiger partial charge in [-0.05, 0) is 55.0 Å². The fourth-order valence-corrected chi connectivity index (χ4v) is 3.00. The maximum absolute atomic E-state index is 13.7. The molecule has 0 aliphatic carbocycles. The van der Waals surface area contributed by atoms with E-state index in [0.29, 0.717) is 28.1 Å². The number of amides is 1. The number of nitrogens with zero attached hydrogens (tertiary/aromatic N) is 2. The summed E-state index contributed by atoms with van der Waals surface area (Å²) in [6, 6.07) is 20.0. The number of halogens is 1. The lowest BCUT2D eigenvalue weighted by molar-refractivity contribution is -0.134. The Labute approximate surface area is 189 Å². The molecule has 166 valence electrons. The van der Waals surface area contributed by atoms with E-state index in [0.717, 1.165) is 0 Å². The van der Waals surface area contributed by atoms with Crippen molar-refractivity contribution in [1.82, 2.24) is 10.1 Å². The number of aromatic nitrogens is 2. The zero-order chi connectivity index (χ0) is 23.2. The Morgan fingerprint density at radius 1 is 1.03 bits per heavy atom. The van der Waals surface area contributed by atoms with Crippen molar-refractivity contribution in [2.45, 2.75) is 19.8 Å². The first-order valence-corrected chi connectivity index (χ1v) is 10.2. The van der Waals surface area contributed by atoms with Gasteiger partial charge in [-0.2, -0.15) is 4.98 Å². The second kappa shape index (κ2) is 9.86. The summed E-state index contributed by atoms with van der Waals surface area (Å²) in [5.74, 6) is -0.204. The number of carbonyl (C=O) groups excluding carboxylic acids is 2. The van der Waals surface area contributed by atoms with Crippen LogP contribution in [0.4, 0.5) is 10.1 Å². The number of hydrogen-bond acceptors (Lipinski definition) is 6. The third kappa shape index (κ3) is 5.68. The number of rotatable bonds is 7. The minimum absolute atomic E-state index is 0.0242. The number of carbonyl (C=O) groups is 2. The van der Waals surface area contributed by atoms with E-state index < -0.39 is 5.97 Å². The Balaban J connectivity index is 1.28. The number of benzene rings is 3. The summed E-state index contributed by atoms with van der Waals surface area (Å²) in [6.07, 6.45) is 0.210. The molecule has 0 atom stereocenters. The van der Waals surface area contributed by atoms with E-state index >= 15 is 0 Å². The van der Waals surface area contributed by atoms with Gasteiger partial charge >= 0.3 is 5.97 Å². The molecular formula is C25H20FN3O4. The van der Waals surface area contributed by atoms with Crippen molar-refractivity contribution in [1.29, 1.82) is 0 Å². The van der Waals surface area contributed by atoms with Crippen molar-refractivity contribution in [2.24, 2.45) is 0 Å². The van der Waals surface area contributed by atoms with Gasteiger partial charge in [-0.15, -0.1) is 0 Å². The summed E-state index contributed by atoms with van der Waals surface area (Å²) in [5, 5.41) is 6.61. The van der Waals surface area contributed by atoms with Crippen LogP contribution >= 0.6 is 0 Å². The van der Waals surface area contributed by atoms with Gasteiger partial charge in [-0.25, -0.2) is 4.39 Å². The molecule has 4 aromatic rings. The normalized spacial score (nSPS) is 10.6. The van der Waals surface area contributed by atoms with Gasteiger partial charge < -0.3 is 14.6 Å². The fourth-order valence-electron chi connectivity index (χ4n) is 3.00. The number of aryl methyl sites for hydroxylation is 2. The third-order valence-electron chi connectivity index (χ3n) is 4.82. The average Bonchev–Trinajstić information content (AvgIpc) is 3.30. The van der Waals surface area contributed by atoms with Crippen LogP contribution in [0, 0.1) is 12.7 Å². The molecule has 0 saturated heterocycles. The van der Waals surface area contributed by atoms with Gasteiger partial charge in [0.1, 0.15) is 11.6 Å². The van der Waals surface area contributed by atoms with Crippen molar-refractivity contribution in [2.75, 3.05) is 5.32 Å². The van der Waals surface area contributed by atoms with E-state index in [1.165, 1.54) is 6.07 Å². The molecule has 0 fully saturated rings. The van der Waals surface area contributed by atoms with Crippen LogP contribution in [0.15, 0.2) is 77.3 Å². The van der Waals surface area contributed by atoms with Crippen molar-refractivity contribution in [3.63, 3.8) is 0 Å². The zero-order valence-corrected chi connectivity index (χ0v) is 17.7. The van der Waals surface area contributed by atoms with Crippen molar-refractivity contribution in [3.05, 3.63) is 95.6 Å². The van der Waals surface area contributed by atoms with Crippen LogP contribution in [-0.4, -0.2) is 22.0 Å². The van der Waals surface area contributed by atoms with Crippen LogP contribution < -0.4 is 10.1 Å². The zero-order valence-electron chi connectivity index (χ0n) is 17.7. The molecule has 1 heterocycles. The van der Waals surface area contributed by atoms with Crippen LogP contribution in [-0.2, 0) is 11.2 Å². The molecular weight excluding hydrogens is 425 g/mol. The molecule has 0 saturated carbocycles. The standard InChI is InChI=1S/C25H20FN3O4/c1-16-7-8-18(15-21(16)26)24-28-22(33-29-24)13-14-23(30)32-20-11-9-19(10-12-20)27-25(31)17-5-3-2-4-6-17/h2-12,15H,13-14H2,1H3,(H,27,31). The van der Waals surface area contributed by atoms with Crippen LogP contribution in [0.25, 0.3) is 11.4 Å². The maximum Gasteiger partial charge on any atom is 0.311 e. The van der Waals surface area contributed by atoms with Crippen molar-refractivity contribution >= 4 is 17.6 Å². The molecule has 0 aliphatic heterocycles. The predicted octanol–water partition coefficient (Wildman–Crippen LogP) is 4.97. The van der Waals surface area contributed by atoms with Gasteiger partial charge in [0.05, 0.1) is 6.42 Å². The Kier molecular flexibility index (Phi) is 6.54. The van der Waals surface area contributed by atoms with Gasteiger partial charge in [0.2, 0.25) is 11.7 Å². The molecule has 0 aliphatic rings. The molecule has 0 spiro atoms. The molecule has 0 radical (unpaired) electrons. The molecule has 3 aromatic carbocycles. The number of anilines is 1. The quantitative estimate of drug-likeness (QED) is 0.319. The molecule has 1 amide bonds. The smallest absolute Gasteiger partial charge is 0.311 e. The molecule has 7 nitrogen and oxygen atoms in total. The van der Waals surface area contributed by atoms with E-state index in [1.807, 2.05) is 6.07 Å². The third-order valence-corrected chi connectivity index (χ3v) is 4.82. The summed E-state index contributed by atoms with van der Waals surface area (Å²) in [5.41, 5.74) is 2.14. The largest absolute Gasteiger partial charge is 0.427 e. The SMILES string of the molecule is Cc1ccc(-c2noc(CCC(=O)Oc3ccc(NC(=O)c4ccccc4)cc3)n2)cc1F. The van der Waals surface area contributed by atoms with E-state index in [1.54, 1.807) is 67.6 Å². The molecule has 0 bridgehead atoms. The monoisotopic (exact) mass is 445 g/mol. The molecule has 0 unspecified atom stereocenters. The minimum Gasteiger partial charge on any atom is -0.427 e. The van der Waals surface area contributed by atoms with Gasteiger partial charge in [-0.3, -0.25) is 9.59 Å². The Bertz CT molecular complexity index is 1270. The average molecular weight is 445 g/mol. The highest BCUT2D eigenvalue weighted by molar-refractivity contribution is 6.04. The maximum atomic E-state index is 13.7. The van der Waals surface area contributed by atoms with Crippen molar-refractivity contribution in [3.8, 4) is 17.1 Å². The van der Waals surface area contributed by atoms with Crippen LogP contribution in [0.1, 0.15) is 28.2 Å². The second-order valence-electron chi connectivity index (χ2n) is 7.29. The van der Waals surface area contributed by atoms with Gasteiger partial charge in [0.25, 0.3) is 5.91 Å². The summed E-state index contributed by atoms with van der Waals surface area (Å²) >= 11 is 0. The predicted molar refractivity (Wildman–Crippen MR) is 119 cm³/mol. The van der Waals surface area contributed by atoms with Crippen LogP contribution in [0.5, 0.6) is 5.75 Å². The van der Waals surface area contributed by atoms with Gasteiger partial charge in [0, 0.05) is 23.2 Å². The first kappa shape index (κ1) is 21.9. The van der Waals surface area contributed by atoms with Gasteiger partial charge in [0.15, 0.2) is 0 Å². The molecule has 4 rings (SSSR count).